The number of hydrogen-bond acceptors (Lipinski definition) is 4. The summed E-state index contributed by atoms with van der Waals surface area (Å²) in [6, 6.07) is 3.86. The normalized spacial score (nSPS) is 11.9. The highest BCUT2D eigenvalue weighted by Crippen LogP contribution is 2.20. The Kier molecular flexibility index (Phi) is 6.17. The SMILES string of the molecule is CSCCC(NC(=O)c1ccc(Br)c(N)c1)C(=O)O. The minimum absolute atomic E-state index is 0.344. The third-order valence-electron chi connectivity index (χ3n) is 2.47. The van der Waals surface area contributed by atoms with Crippen LogP contribution < -0.4 is 11.1 Å². The molecular weight excluding hydrogens is 332 g/mol. The van der Waals surface area contributed by atoms with Gasteiger partial charge in [0.2, 0.25) is 0 Å². The minimum atomic E-state index is -1.03. The van der Waals surface area contributed by atoms with Crippen LogP contribution in [0.4, 0.5) is 5.69 Å². The van der Waals surface area contributed by atoms with Crippen LogP contribution in [0.25, 0.3) is 0 Å². The predicted octanol–water partition coefficient (Wildman–Crippen LogP) is 1.97. The van der Waals surface area contributed by atoms with Crippen molar-refractivity contribution in [2.24, 2.45) is 0 Å². The Morgan fingerprint density at radius 3 is 2.74 bits per heavy atom. The predicted molar refractivity (Wildman–Crippen MR) is 80.4 cm³/mol. The van der Waals surface area contributed by atoms with E-state index in [2.05, 4.69) is 21.2 Å². The van der Waals surface area contributed by atoms with Gasteiger partial charge in [0, 0.05) is 15.7 Å². The number of amides is 1. The maximum atomic E-state index is 11.9. The highest BCUT2D eigenvalue weighted by atomic mass is 79.9. The first-order valence-electron chi connectivity index (χ1n) is 5.53. The molecule has 4 N–H and O–H groups in total. The van der Waals surface area contributed by atoms with Crippen molar-refractivity contribution < 1.29 is 14.7 Å². The Morgan fingerprint density at radius 1 is 1.53 bits per heavy atom. The maximum Gasteiger partial charge on any atom is 0.326 e. The number of carbonyl (C=O) groups excluding carboxylic acids is 1. The first kappa shape index (κ1) is 15.8. The molecule has 0 aromatic heterocycles. The number of carboxylic acid groups (broad SMARTS) is 1. The summed E-state index contributed by atoms with van der Waals surface area (Å²) in [5.41, 5.74) is 6.46. The molecule has 1 amide bonds. The summed E-state index contributed by atoms with van der Waals surface area (Å²) >= 11 is 4.77. The first-order valence-corrected chi connectivity index (χ1v) is 7.72. The van der Waals surface area contributed by atoms with Crippen molar-refractivity contribution in [2.45, 2.75) is 12.5 Å². The Hall–Kier alpha value is -1.21. The number of hydrogen-bond donors (Lipinski definition) is 3. The molecule has 1 unspecified atom stereocenters. The van der Waals surface area contributed by atoms with E-state index in [1.54, 1.807) is 12.1 Å². The van der Waals surface area contributed by atoms with Gasteiger partial charge in [-0.1, -0.05) is 0 Å². The van der Waals surface area contributed by atoms with Crippen LogP contribution in [0.2, 0.25) is 0 Å². The van der Waals surface area contributed by atoms with E-state index in [-0.39, 0.29) is 0 Å². The van der Waals surface area contributed by atoms with Crippen LogP contribution in [0.15, 0.2) is 22.7 Å². The largest absolute Gasteiger partial charge is 0.480 e. The molecule has 0 bridgehead atoms. The van der Waals surface area contributed by atoms with Crippen LogP contribution >= 0.6 is 27.7 Å². The van der Waals surface area contributed by atoms with Gasteiger partial charge in [-0.05, 0) is 52.6 Å². The van der Waals surface area contributed by atoms with Crippen LogP contribution in [0, 0.1) is 0 Å². The summed E-state index contributed by atoms with van der Waals surface area (Å²) in [6.07, 6.45) is 2.27. The summed E-state index contributed by atoms with van der Waals surface area (Å²) in [7, 11) is 0. The second-order valence-electron chi connectivity index (χ2n) is 3.88. The van der Waals surface area contributed by atoms with Crippen LogP contribution in [-0.2, 0) is 4.79 Å². The lowest BCUT2D eigenvalue weighted by Crippen LogP contribution is -2.41. The van der Waals surface area contributed by atoms with Crippen molar-refractivity contribution in [1.29, 1.82) is 0 Å². The summed E-state index contributed by atoms with van der Waals surface area (Å²) in [6.45, 7) is 0. The summed E-state index contributed by atoms with van der Waals surface area (Å²) in [5.74, 6) is -0.806. The highest BCUT2D eigenvalue weighted by molar-refractivity contribution is 9.10. The number of aliphatic carboxylic acids is 1. The summed E-state index contributed by atoms with van der Waals surface area (Å²) in [4.78, 5) is 23.0. The minimum Gasteiger partial charge on any atom is -0.480 e. The van der Waals surface area contributed by atoms with Gasteiger partial charge in [-0.25, -0.2) is 4.79 Å². The number of nitrogens with one attached hydrogen (secondary N) is 1. The number of nitrogens with two attached hydrogens (primary N) is 1. The molecule has 1 aromatic rings. The van der Waals surface area contributed by atoms with Crippen molar-refractivity contribution in [2.75, 3.05) is 17.7 Å². The van der Waals surface area contributed by atoms with Crippen LogP contribution in [-0.4, -0.2) is 35.0 Å². The Labute approximate surface area is 124 Å². The van der Waals surface area contributed by atoms with Gasteiger partial charge < -0.3 is 16.2 Å². The van der Waals surface area contributed by atoms with Gasteiger partial charge in [-0.3, -0.25) is 4.79 Å². The summed E-state index contributed by atoms with van der Waals surface area (Å²) in [5, 5.41) is 11.5. The zero-order chi connectivity index (χ0) is 14.4. The lowest BCUT2D eigenvalue weighted by Gasteiger charge is -2.14. The molecule has 5 nitrogen and oxygen atoms in total. The van der Waals surface area contributed by atoms with E-state index >= 15 is 0 Å². The molecule has 104 valence electrons. The van der Waals surface area contributed by atoms with Crippen molar-refractivity contribution in [1.82, 2.24) is 5.32 Å². The monoisotopic (exact) mass is 346 g/mol. The van der Waals surface area contributed by atoms with Crippen molar-refractivity contribution in [3.63, 3.8) is 0 Å². The second kappa shape index (κ2) is 7.40. The first-order chi connectivity index (χ1) is 8.95. The molecule has 0 fully saturated rings. The van der Waals surface area contributed by atoms with Crippen LogP contribution in [0.3, 0.4) is 0 Å². The van der Waals surface area contributed by atoms with E-state index in [0.29, 0.717) is 27.9 Å². The fourth-order valence-corrected chi connectivity index (χ4v) is 2.14. The van der Waals surface area contributed by atoms with Crippen molar-refractivity contribution in [3.8, 4) is 0 Å². The topological polar surface area (TPSA) is 92.4 Å². The molecule has 0 aliphatic heterocycles. The molecule has 0 aliphatic carbocycles. The summed E-state index contributed by atoms with van der Waals surface area (Å²) < 4.78 is 0.696. The molecule has 0 radical (unpaired) electrons. The molecule has 1 aromatic carbocycles. The third kappa shape index (κ3) is 4.76. The van der Waals surface area contributed by atoms with E-state index in [1.165, 1.54) is 17.8 Å². The molecule has 19 heavy (non-hydrogen) atoms. The van der Waals surface area contributed by atoms with Crippen molar-refractivity contribution in [3.05, 3.63) is 28.2 Å². The molecule has 0 spiro atoms. The highest BCUT2D eigenvalue weighted by Gasteiger charge is 2.20. The zero-order valence-electron chi connectivity index (χ0n) is 10.4. The molecule has 0 saturated heterocycles. The lowest BCUT2D eigenvalue weighted by molar-refractivity contribution is -0.139. The van der Waals surface area contributed by atoms with E-state index in [9.17, 15) is 9.59 Å². The Balaban J connectivity index is 2.75. The quantitative estimate of drug-likeness (QED) is 0.684. The molecule has 1 atom stereocenters. The number of nitrogen functional groups attached to an aromatic ring is 1. The number of carboxylic acids is 1. The number of halogens is 1. The smallest absolute Gasteiger partial charge is 0.326 e. The van der Waals surface area contributed by atoms with Crippen LogP contribution in [0.5, 0.6) is 0 Å². The number of anilines is 1. The molecule has 7 heteroatoms. The van der Waals surface area contributed by atoms with Gasteiger partial charge in [0.15, 0.2) is 0 Å². The maximum absolute atomic E-state index is 11.9. The Morgan fingerprint density at radius 2 is 2.21 bits per heavy atom. The number of thioether (sulfide) groups is 1. The number of rotatable bonds is 6. The van der Waals surface area contributed by atoms with Crippen molar-refractivity contribution >= 4 is 45.3 Å². The standard InChI is InChI=1S/C12H15BrN2O3S/c1-19-5-4-10(12(17)18)15-11(16)7-2-3-8(13)9(14)6-7/h2-3,6,10H,4-5,14H2,1H3,(H,15,16)(H,17,18). The van der Waals surface area contributed by atoms with Gasteiger partial charge in [0.1, 0.15) is 6.04 Å². The lowest BCUT2D eigenvalue weighted by atomic mass is 10.1. The molecular formula is C12H15BrN2O3S. The van der Waals surface area contributed by atoms with Gasteiger partial charge in [0.25, 0.3) is 5.91 Å². The average Bonchev–Trinajstić information content (AvgIpc) is 2.37. The average molecular weight is 347 g/mol. The number of benzene rings is 1. The van der Waals surface area contributed by atoms with E-state index in [0.717, 1.165) is 0 Å². The molecule has 1 rings (SSSR count). The van der Waals surface area contributed by atoms with E-state index in [1.807, 2.05) is 6.26 Å². The third-order valence-corrected chi connectivity index (χ3v) is 3.84. The fraction of sp³-hybridized carbons (Fsp3) is 0.333. The molecule has 0 aliphatic rings. The van der Waals surface area contributed by atoms with E-state index < -0.39 is 17.9 Å². The molecule has 0 heterocycles. The fourth-order valence-electron chi connectivity index (χ4n) is 1.42. The zero-order valence-corrected chi connectivity index (χ0v) is 12.8. The Bertz CT molecular complexity index is 482. The number of carbonyl (C=O) groups is 2. The van der Waals surface area contributed by atoms with Gasteiger partial charge >= 0.3 is 5.97 Å². The molecule has 0 saturated carbocycles. The second-order valence-corrected chi connectivity index (χ2v) is 5.72. The van der Waals surface area contributed by atoms with Gasteiger partial charge in [0.05, 0.1) is 0 Å². The van der Waals surface area contributed by atoms with Gasteiger partial charge in [-0.2, -0.15) is 11.8 Å². The van der Waals surface area contributed by atoms with Gasteiger partial charge in [-0.15, -0.1) is 0 Å². The van der Waals surface area contributed by atoms with Crippen LogP contribution in [0.1, 0.15) is 16.8 Å². The van der Waals surface area contributed by atoms with E-state index in [4.69, 9.17) is 10.8 Å².